The summed E-state index contributed by atoms with van der Waals surface area (Å²) in [6.07, 6.45) is 3.03. The van der Waals surface area contributed by atoms with Gasteiger partial charge in [0, 0.05) is 37.3 Å². The molecule has 1 aromatic rings. The number of hydrogen-bond donors (Lipinski definition) is 0. The summed E-state index contributed by atoms with van der Waals surface area (Å²) in [4.78, 5) is 8.89. The molecule has 2 heterocycles. The highest BCUT2D eigenvalue weighted by molar-refractivity contribution is 5.26. The summed E-state index contributed by atoms with van der Waals surface area (Å²) in [7, 11) is 6.35. The molecule has 4 nitrogen and oxygen atoms in total. The summed E-state index contributed by atoms with van der Waals surface area (Å²) in [5, 5.41) is 0. The molecule has 0 amide bonds. The average Bonchev–Trinajstić information content (AvgIpc) is 2.46. The molecule has 1 aliphatic heterocycles. The van der Waals surface area contributed by atoms with Gasteiger partial charge in [0.05, 0.1) is 0 Å². The number of aromatic nitrogens is 1. The quantitative estimate of drug-likeness (QED) is 0.814. The van der Waals surface area contributed by atoms with Crippen molar-refractivity contribution in [2.24, 2.45) is 0 Å². The van der Waals surface area contributed by atoms with Gasteiger partial charge in [0.1, 0.15) is 6.10 Å². The molecule has 0 aliphatic carbocycles. The number of rotatable bonds is 3. The molecule has 0 spiro atoms. The lowest BCUT2D eigenvalue weighted by atomic mass is 10.1. The fourth-order valence-corrected chi connectivity index (χ4v) is 2.26. The Kier molecular flexibility index (Phi) is 4.19. The van der Waals surface area contributed by atoms with Crippen molar-refractivity contribution in [2.45, 2.75) is 32.0 Å². The van der Waals surface area contributed by atoms with Crippen LogP contribution in [0.3, 0.4) is 0 Å². The summed E-state index contributed by atoms with van der Waals surface area (Å²) < 4.78 is 6.07. The highest BCUT2D eigenvalue weighted by Crippen LogP contribution is 2.23. The second-order valence-corrected chi connectivity index (χ2v) is 5.45. The third kappa shape index (κ3) is 3.21. The van der Waals surface area contributed by atoms with Gasteiger partial charge < -0.3 is 9.64 Å². The first-order chi connectivity index (χ1) is 8.56. The van der Waals surface area contributed by atoms with E-state index in [1.165, 1.54) is 5.56 Å². The number of likely N-dealkylation sites (N-methyl/N-ethyl adjacent to an activating group) is 1. The van der Waals surface area contributed by atoms with E-state index in [1.54, 1.807) is 6.20 Å². The van der Waals surface area contributed by atoms with Crippen LogP contribution in [0.5, 0.6) is 5.88 Å². The van der Waals surface area contributed by atoms with Crippen LogP contribution in [-0.2, 0) is 6.54 Å². The van der Waals surface area contributed by atoms with E-state index in [0.717, 1.165) is 25.4 Å². The Balaban J connectivity index is 2.10. The van der Waals surface area contributed by atoms with Crippen LogP contribution in [0.25, 0.3) is 0 Å². The lowest BCUT2D eigenvalue weighted by Crippen LogP contribution is -2.36. The Bertz CT molecular complexity index is 394. The molecule has 100 valence electrons. The standard InChI is InChI=1S/C14H23N3O/c1-11(16(2)3)8-13-10-17(4)9-12-6-5-7-15-14(12)18-13/h5-7,11,13H,8-10H2,1-4H3. The van der Waals surface area contributed by atoms with Crippen LogP contribution in [0.4, 0.5) is 0 Å². The lowest BCUT2D eigenvalue weighted by Gasteiger charge is -2.26. The first-order valence-electron chi connectivity index (χ1n) is 6.51. The van der Waals surface area contributed by atoms with Crippen molar-refractivity contribution in [1.82, 2.24) is 14.8 Å². The van der Waals surface area contributed by atoms with E-state index in [9.17, 15) is 0 Å². The van der Waals surface area contributed by atoms with Crippen LogP contribution in [0.2, 0.25) is 0 Å². The SMILES string of the molecule is CC(CC1CN(C)Cc2cccnc2O1)N(C)C. The first kappa shape index (κ1) is 13.3. The number of nitrogens with zero attached hydrogens (tertiary/aromatic N) is 3. The molecule has 0 N–H and O–H groups in total. The van der Waals surface area contributed by atoms with Crippen LogP contribution >= 0.6 is 0 Å². The van der Waals surface area contributed by atoms with Gasteiger partial charge in [-0.15, -0.1) is 0 Å². The van der Waals surface area contributed by atoms with Gasteiger partial charge in [0.2, 0.25) is 5.88 Å². The Hall–Kier alpha value is -1.13. The van der Waals surface area contributed by atoms with Gasteiger partial charge in [0.25, 0.3) is 0 Å². The van der Waals surface area contributed by atoms with Crippen LogP contribution in [0.1, 0.15) is 18.9 Å². The van der Waals surface area contributed by atoms with Gasteiger partial charge in [-0.05, 0) is 34.1 Å². The zero-order valence-electron chi connectivity index (χ0n) is 11.8. The predicted octanol–water partition coefficient (Wildman–Crippen LogP) is 1.61. The third-order valence-corrected chi connectivity index (χ3v) is 3.57. The normalized spacial score (nSPS) is 22.2. The molecule has 4 heteroatoms. The smallest absolute Gasteiger partial charge is 0.218 e. The minimum atomic E-state index is 0.212. The van der Waals surface area contributed by atoms with Gasteiger partial charge >= 0.3 is 0 Å². The maximum Gasteiger partial charge on any atom is 0.218 e. The van der Waals surface area contributed by atoms with Gasteiger partial charge in [-0.25, -0.2) is 4.98 Å². The van der Waals surface area contributed by atoms with Crippen LogP contribution in [0, 0.1) is 0 Å². The monoisotopic (exact) mass is 249 g/mol. The molecule has 0 aromatic carbocycles. The molecular weight excluding hydrogens is 226 g/mol. The summed E-state index contributed by atoms with van der Waals surface area (Å²) in [6, 6.07) is 4.57. The highest BCUT2D eigenvalue weighted by Gasteiger charge is 2.23. The molecule has 18 heavy (non-hydrogen) atoms. The van der Waals surface area contributed by atoms with Crippen molar-refractivity contribution >= 4 is 0 Å². The number of hydrogen-bond acceptors (Lipinski definition) is 4. The second-order valence-electron chi connectivity index (χ2n) is 5.45. The summed E-state index contributed by atoms with van der Waals surface area (Å²) in [5.74, 6) is 0.804. The fraction of sp³-hybridized carbons (Fsp3) is 0.643. The predicted molar refractivity (Wildman–Crippen MR) is 72.8 cm³/mol. The van der Waals surface area contributed by atoms with E-state index in [4.69, 9.17) is 4.74 Å². The largest absolute Gasteiger partial charge is 0.473 e. The summed E-state index contributed by atoms with van der Waals surface area (Å²) in [6.45, 7) is 4.10. The Labute approximate surface area is 110 Å². The molecule has 0 saturated carbocycles. The molecule has 1 aliphatic rings. The Morgan fingerprint density at radius 1 is 1.56 bits per heavy atom. The number of ether oxygens (including phenoxy) is 1. The van der Waals surface area contributed by atoms with E-state index in [0.29, 0.717) is 6.04 Å². The highest BCUT2D eigenvalue weighted by atomic mass is 16.5. The van der Waals surface area contributed by atoms with E-state index >= 15 is 0 Å². The molecule has 0 saturated heterocycles. The minimum absolute atomic E-state index is 0.212. The lowest BCUT2D eigenvalue weighted by molar-refractivity contribution is 0.120. The fourth-order valence-electron chi connectivity index (χ4n) is 2.26. The molecule has 0 fully saturated rings. The zero-order valence-corrected chi connectivity index (χ0v) is 11.8. The molecule has 1 aromatic heterocycles. The number of fused-ring (bicyclic) bond motifs is 1. The van der Waals surface area contributed by atoms with Crippen molar-refractivity contribution in [1.29, 1.82) is 0 Å². The number of pyridine rings is 1. The van der Waals surface area contributed by atoms with Gasteiger partial charge in [-0.3, -0.25) is 4.90 Å². The van der Waals surface area contributed by atoms with Crippen molar-refractivity contribution in [2.75, 3.05) is 27.7 Å². The molecule has 2 unspecified atom stereocenters. The topological polar surface area (TPSA) is 28.6 Å². The van der Waals surface area contributed by atoms with E-state index in [-0.39, 0.29) is 6.10 Å². The van der Waals surface area contributed by atoms with Gasteiger partial charge in [0.15, 0.2) is 0 Å². The van der Waals surface area contributed by atoms with Crippen LogP contribution in [-0.4, -0.2) is 54.6 Å². The van der Waals surface area contributed by atoms with E-state index in [1.807, 2.05) is 6.07 Å². The van der Waals surface area contributed by atoms with E-state index in [2.05, 4.69) is 48.9 Å². The van der Waals surface area contributed by atoms with Gasteiger partial charge in [-0.1, -0.05) is 6.07 Å². The van der Waals surface area contributed by atoms with Crippen molar-refractivity contribution in [3.05, 3.63) is 23.9 Å². The average molecular weight is 249 g/mol. The third-order valence-electron chi connectivity index (χ3n) is 3.57. The summed E-state index contributed by atoms with van der Waals surface area (Å²) in [5.41, 5.74) is 1.18. The Morgan fingerprint density at radius 3 is 3.06 bits per heavy atom. The van der Waals surface area contributed by atoms with Crippen molar-refractivity contribution < 1.29 is 4.74 Å². The van der Waals surface area contributed by atoms with Crippen LogP contribution in [0.15, 0.2) is 18.3 Å². The molecule has 0 bridgehead atoms. The maximum absolute atomic E-state index is 6.07. The van der Waals surface area contributed by atoms with E-state index < -0.39 is 0 Å². The summed E-state index contributed by atoms with van der Waals surface area (Å²) >= 11 is 0. The second kappa shape index (κ2) is 5.67. The van der Waals surface area contributed by atoms with Crippen molar-refractivity contribution in [3.8, 4) is 5.88 Å². The van der Waals surface area contributed by atoms with Crippen LogP contribution < -0.4 is 4.74 Å². The maximum atomic E-state index is 6.07. The molecule has 2 atom stereocenters. The molecule has 0 radical (unpaired) electrons. The van der Waals surface area contributed by atoms with Crippen molar-refractivity contribution in [3.63, 3.8) is 0 Å². The first-order valence-corrected chi connectivity index (χ1v) is 6.51. The zero-order chi connectivity index (χ0) is 13.1. The minimum Gasteiger partial charge on any atom is -0.473 e. The molecule has 2 rings (SSSR count). The van der Waals surface area contributed by atoms with Gasteiger partial charge in [-0.2, -0.15) is 0 Å². The Morgan fingerprint density at radius 2 is 2.33 bits per heavy atom. The molecular formula is C14H23N3O.